The quantitative estimate of drug-likeness (QED) is 0.550. The van der Waals surface area contributed by atoms with Crippen LogP contribution in [-0.2, 0) is 0 Å². The van der Waals surface area contributed by atoms with Gasteiger partial charge in [-0.2, -0.15) is 9.97 Å². The molecule has 0 amide bonds. The van der Waals surface area contributed by atoms with Gasteiger partial charge in [0.2, 0.25) is 5.95 Å². The third-order valence-electron chi connectivity index (χ3n) is 3.54. The second-order valence-corrected chi connectivity index (χ2v) is 5.57. The SMILES string of the molecule is CC(C)C(CO)Nc1nc(Nc2ccccc2)c2nn[nH]c2n1. The number of H-pyrrole nitrogens is 1. The Hall–Kier alpha value is -2.74. The number of aliphatic hydroxyl groups is 1. The number of para-hydroxylation sites is 1. The molecule has 23 heavy (non-hydrogen) atoms. The van der Waals surface area contributed by atoms with Crippen molar-refractivity contribution in [2.75, 3.05) is 17.2 Å². The summed E-state index contributed by atoms with van der Waals surface area (Å²) in [5, 5.41) is 26.4. The molecule has 0 radical (unpaired) electrons. The lowest BCUT2D eigenvalue weighted by Crippen LogP contribution is -2.30. The largest absolute Gasteiger partial charge is 0.394 e. The fourth-order valence-electron chi connectivity index (χ4n) is 2.15. The van der Waals surface area contributed by atoms with Crippen molar-refractivity contribution in [1.29, 1.82) is 0 Å². The number of rotatable bonds is 6. The van der Waals surface area contributed by atoms with E-state index in [-0.39, 0.29) is 18.6 Å². The summed E-state index contributed by atoms with van der Waals surface area (Å²) in [6, 6.07) is 9.55. The van der Waals surface area contributed by atoms with E-state index in [4.69, 9.17) is 0 Å². The molecular formula is C15H19N7O. The Morgan fingerprint density at radius 2 is 1.96 bits per heavy atom. The van der Waals surface area contributed by atoms with Crippen molar-refractivity contribution >= 4 is 28.6 Å². The molecule has 0 aliphatic rings. The van der Waals surface area contributed by atoms with Crippen LogP contribution in [0.3, 0.4) is 0 Å². The Morgan fingerprint density at radius 1 is 1.17 bits per heavy atom. The molecular weight excluding hydrogens is 294 g/mol. The Kier molecular flexibility index (Phi) is 4.33. The molecule has 8 heteroatoms. The number of nitrogens with one attached hydrogen (secondary N) is 3. The minimum absolute atomic E-state index is 0.00172. The Morgan fingerprint density at radius 3 is 2.65 bits per heavy atom. The number of benzene rings is 1. The normalized spacial score (nSPS) is 12.5. The second kappa shape index (κ2) is 6.57. The van der Waals surface area contributed by atoms with Crippen molar-refractivity contribution in [2.24, 2.45) is 5.92 Å². The van der Waals surface area contributed by atoms with Gasteiger partial charge >= 0.3 is 0 Å². The molecule has 0 spiro atoms. The van der Waals surface area contributed by atoms with E-state index >= 15 is 0 Å². The first-order chi connectivity index (χ1) is 11.2. The van der Waals surface area contributed by atoms with Gasteiger partial charge in [-0.3, -0.25) is 0 Å². The van der Waals surface area contributed by atoms with E-state index in [1.165, 1.54) is 0 Å². The fourth-order valence-corrected chi connectivity index (χ4v) is 2.15. The zero-order chi connectivity index (χ0) is 16.2. The highest BCUT2D eigenvalue weighted by atomic mass is 16.3. The molecule has 0 bridgehead atoms. The van der Waals surface area contributed by atoms with Crippen LogP contribution in [0.5, 0.6) is 0 Å². The first-order valence-electron chi connectivity index (χ1n) is 7.45. The van der Waals surface area contributed by atoms with Gasteiger partial charge in [0.1, 0.15) is 0 Å². The van der Waals surface area contributed by atoms with Gasteiger partial charge in [0.25, 0.3) is 0 Å². The molecule has 3 aromatic rings. The van der Waals surface area contributed by atoms with Crippen molar-refractivity contribution in [3.8, 4) is 0 Å². The molecule has 0 aliphatic carbocycles. The number of hydrogen-bond acceptors (Lipinski definition) is 7. The maximum atomic E-state index is 9.47. The van der Waals surface area contributed by atoms with Crippen LogP contribution in [0.15, 0.2) is 30.3 Å². The summed E-state index contributed by atoms with van der Waals surface area (Å²) in [6.07, 6.45) is 0. The second-order valence-electron chi connectivity index (χ2n) is 5.57. The topological polar surface area (TPSA) is 112 Å². The third kappa shape index (κ3) is 3.37. The first kappa shape index (κ1) is 15.2. The van der Waals surface area contributed by atoms with Crippen LogP contribution in [0.1, 0.15) is 13.8 Å². The van der Waals surface area contributed by atoms with Crippen LogP contribution in [-0.4, -0.2) is 43.1 Å². The molecule has 8 nitrogen and oxygen atoms in total. The molecule has 0 saturated carbocycles. The predicted molar refractivity (Wildman–Crippen MR) is 88.5 cm³/mol. The molecule has 1 atom stereocenters. The number of aromatic amines is 1. The van der Waals surface area contributed by atoms with Gasteiger partial charge in [-0.05, 0) is 18.1 Å². The van der Waals surface area contributed by atoms with Crippen LogP contribution in [0.4, 0.5) is 17.5 Å². The van der Waals surface area contributed by atoms with Crippen LogP contribution < -0.4 is 10.6 Å². The highest BCUT2D eigenvalue weighted by molar-refractivity contribution is 5.85. The number of fused-ring (bicyclic) bond motifs is 1. The molecule has 1 unspecified atom stereocenters. The molecule has 2 aromatic heterocycles. The monoisotopic (exact) mass is 313 g/mol. The van der Waals surface area contributed by atoms with Gasteiger partial charge < -0.3 is 15.7 Å². The third-order valence-corrected chi connectivity index (χ3v) is 3.54. The molecule has 3 rings (SSSR count). The van der Waals surface area contributed by atoms with Gasteiger partial charge in [0.05, 0.1) is 12.6 Å². The van der Waals surface area contributed by atoms with Crippen molar-refractivity contribution in [3.05, 3.63) is 30.3 Å². The maximum Gasteiger partial charge on any atom is 0.227 e. The summed E-state index contributed by atoms with van der Waals surface area (Å²) in [4.78, 5) is 8.83. The molecule has 2 heterocycles. The first-order valence-corrected chi connectivity index (χ1v) is 7.45. The Bertz CT molecular complexity index is 772. The molecule has 0 saturated heterocycles. The van der Waals surface area contributed by atoms with E-state index in [1.807, 2.05) is 44.2 Å². The summed E-state index contributed by atoms with van der Waals surface area (Å²) in [7, 11) is 0. The average Bonchev–Trinajstić information content (AvgIpc) is 3.02. The summed E-state index contributed by atoms with van der Waals surface area (Å²) < 4.78 is 0. The van der Waals surface area contributed by atoms with E-state index in [2.05, 4.69) is 36.0 Å². The molecule has 0 fully saturated rings. The summed E-state index contributed by atoms with van der Waals surface area (Å²) in [5.74, 6) is 1.21. The Balaban J connectivity index is 1.94. The van der Waals surface area contributed by atoms with E-state index in [0.29, 0.717) is 22.9 Å². The zero-order valence-corrected chi connectivity index (χ0v) is 13.0. The summed E-state index contributed by atoms with van der Waals surface area (Å²) in [6.45, 7) is 4.04. The average molecular weight is 313 g/mol. The van der Waals surface area contributed by atoms with Gasteiger partial charge in [0.15, 0.2) is 17.0 Å². The standard InChI is InChI=1S/C15H19N7O/c1-9(2)11(8-23)17-15-18-13(12-14(19-15)21-22-20-12)16-10-6-4-3-5-7-10/h3-7,9,11,23H,8H2,1-2H3,(H3,16,17,18,19,20,21,22). The highest BCUT2D eigenvalue weighted by Gasteiger charge is 2.16. The zero-order valence-electron chi connectivity index (χ0n) is 13.0. The van der Waals surface area contributed by atoms with Crippen LogP contribution in [0, 0.1) is 5.92 Å². The number of nitrogens with zero attached hydrogens (tertiary/aromatic N) is 4. The number of aromatic nitrogens is 5. The summed E-state index contributed by atoms with van der Waals surface area (Å²) >= 11 is 0. The highest BCUT2D eigenvalue weighted by Crippen LogP contribution is 2.22. The van der Waals surface area contributed by atoms with Crippen LogP contribution >= 0.6 is 0 Å². The van der Waals surface area contributed by atoms with Gasteiger partial charge in [0, 0.05) is 5.69 Å². The Labute approximate surface area is 133 Å². The molecule has 120 valence electrons. The number of hydrogen-bond donors (Lipinski definition) is 4. The van der Waals surface area contributed by atoms with Crippen molar-refractivity contribution in [3.63, 3.8) is 0 Å². The lowest BCUT2D eigenvalue weighted by molar-refractivity contribution is 0.248. The summed E-state index contributed by atoms with van der Waals surface area (Å²) in [5.41, 5.74) is 1.98. The smallest absolute Gasteiger partial charge is 0.227 e. The van der Waals surface area contributed by atoms with Gasteiger partial charge in [-0.15, -0.1) is 5.10 Å². The minimum atomic E-state index is -0.132. The number of anilines is 3. The lowest BCUT2D eigenvalue weighted by atomic mass is 10.1. The van der Waals surface area contributed by atoms with Crippen LogP contribution in [0.2, 0.25) is 0 Å². The van der Waals surface area contributed by atoms with Crippen molar-refractivity contribution in [2.45, 2.75) is 19.9 Å². The van der Waals surface area contributed by atoms with E-state index in [1.54, 1.807) is 0 Å². The van der Waals surface area contributed by atoms with Crippen molar-refractivity contribution in [1.82, 2.24) is 25.4 Å². The lowest BCUT2D eigenvalue weighted by Gasteiger charge is -2.20. The fraction of sp³-hybridized carbons (Fsp3) is 0.333. The van der Waals surface area contributed by atoms with Crippen LogP contribution in [0.25, 0.3) is 11.2 Å². The van der Waals surface area contributed by atoms with E-state index in [9.17, 15) is 5.11 Å². The maximum absolute atomic E-state index is 9.47. The predicted octanol–water partition coefficient (Wildman–Crippen LogP) is 1.92. The molecule has 0 aliphatic heterocycles. The van der Waals surface area contributed by atoms with Gasteiger partial charge in [-0.25, -0.2) is 5.10 Å². The van der Waals surface area contributed by atoms with E-state index < -0.39 is 0 Å². The van der Waals surface area contributed by atoms with Gasteiger partial charge in [-0.1, -0.05) is 37.3 Å². The van der Waals surface area contributed by atoms with E-state index in [0.717, 1.165) is 5.69 Å². The molecule has 1 aromatic carbocycles. The van der Waals surface area contributed by atoms with Crippen molar-refractivity contribution < 1.29 is 5.11 Å². The molecule has 4 N–H and O–H groups in total. The minimum Gasteiger partial charge on any atom is -0.394 e. The number of aliphatic hydroxyl groups excluding tert-OH is 1.